The fourth-order valence-corrected chi connectivity index (χ4v) is 21.1. The van der Waals surface area contributed by atoms with Crippen molar-refractivity contribution >= 4 is 61.3 Å². The van der Waals surface area contributed by atoms with Crippen molar-refractivity contribution in [3.8, 4) is 55.9 Å². The monoisotopic (exact) mass is 792 g/mol. The first kappa shape index (κ1) is 33.1. The molecule has 2 aromatic heterocycles. The van der Waals surface area contributed by atoms with Gasteiger partial charge >= 0.3 is 326 Å². The quantitative estimate of drug-likeness (QED) is 0.154. The summed E-state index contributed by atoms with van der Waals surface area (Å²) < 4.78 is 6.75. The second kappa shape index (κ2) is 11.7. The predicted molar refractivity (Wildman–Crippen MR) is 245 cm³/mol. The van der Waals surface area contributed by atoms with Crippen LogP contribution in [-0.4, -0.2) is 22.4 Å². The summed E-state index contributed by atoms with van der Waals surface area (Å²) in [5.41, 5.74) is 19.8. The average molecular weight is 792 g/mol. The van der Waals surface area contributed by atoms with E-state index in [0.29, 0.717) is 0 Å². The molecule has 0 fully saturated rings. The molecular formula is C54H42GeN2. The van der Waals surface area contributed by atoms with Crippen LogP contribution in [0.4, 0.5) is 0 Å². The van der Waals surface area contributed by atoms with E-state index < -0.39 is 13.3 Å². The molecule has 2 aliphatic rings. The molecule has 57 heavy (non-hydrogen) atoms. The molecule has 12 rings (SSSR count). The van der Waals surface area contributed by atoms with Gasteiger partial charge in [0.2, 0.25) is 0 Å². The van der Waals surface area contributed by atoms with Crippen molar-refractivity contribution in [2.24, 2.45) is 0 Å². The molecule has 0 N–H and O–H groups in total. The minimum absolute atomic E-state index is 0.0124. The molecule has 0 atom stereocenters. The number of hydrogen-bond acceptors (Lipinski definition) is 0. The number of fused-ring (bicyclic) bond motifs is 16. The molecule has 0 radical (unpaired) electrons. The Morgan fingerprint density at radius 1 is 0.421 bits per heavy atom. The topological polar surface area (TPSA) is 9.86 Å². The molecule has 3 heterocycles. The van der Waals surface area contributed by atoms with Gasteiger partial charge in [-0.1, -0.05) is 12.1 Å². The summed E-state index contributed by atoms with van der Waals surface area (Å²) in [7, 11) is 0. The van der Waals surface area contributed by atoms with Crippen LogP contribution >= 0.6 is 0 Å². The van der Waals surface area contributed by atoms with Gasteiger partial charge in [0.05, 0.1) is 0 Å². The third-order valence-corrected chi connectivity index (χ3v) is 20.8. The summed E-state index contributed by atoms with van der Waals surface area (Å²) in [6.07, 6.45) is 0. The fourth-order valence-electron chi connectivity index (χ4n) is 11.4. The predicted octanol–water partition coefficient (Wildman–Crippen LogP) is 14.1. The van der Waals surface area contributed by atoms with Gasteiger partial charge in [-0.05, 0) is 0 Å². The minimum atomic E-state index is -2.66. The van der Waals surface area contributed by atoms with Crippen LogP contribution in [-0.2, 0) is 5.41 Å². The van der Waals surface area contributed by atoms with Crippen molar-refractivity contribution in [3.63, 3.8) is 0 Å². The van der Waals surface area contributed by atoms with Crippen LogP contribution in [0.5, 0.6) is 0 Å². The second-order valence-electron chi connectivity index (χ2n) is 17.6. The van der Waals surface area contributed by atoms with Crippen LogP contribution in [0.1, 0.15) is 19.4 Å². The van der Waals surface area contributed by atoms with E-state index in [-0.39, 0.29) is 5.41 Å². The van der Waals surface area contributed by atoms with Crippen LogP contribution < -0.4 is 4.40 Å². The SMILES string of the molecule is CC1(C)[CH2][Ge]([CH3])([CH3])[c]2c3c(cc(-n4c5ccccc5c5cc(-n6c7ccccc7c7ccccc76)ccc54)c21)-c1ccccc1-c1ccccc1-c1ccccc1-3. The molecule has 10 aromatic rings. The molecule has 0 spiro atoms. The molecule has 1 aliphatic heterocycles. The Morgan fingerprint density at radius 3 is 1.40 bits per heavy atom. The van der Waals surface area contributed by atoms with E-state index in [1.54, 1.807) is 9.96 Å². The molecule has 0 unspecified atom stereocenters. The Kier molecular flexibility index (Phi) is 6.80. The van der Waals surface area contributed by atoms with Gasteiger partial charge in [-0.2, -0.15) is 0 Å². The molecule has 0 saturated heterocycles. The maximum atomic E-state index is 2.67. The van der Waals surface area contributed by atoms with Crippen LogP contribution in [0.3, 0.4) is 0 Å². The van der Waals surface area contributed by atoms with E-state index in [0.717, 1.165) is 0 Å². The van der Waals surface area contributed by atoms with Gasteiger partial charge in [0, 0.05) is 0 Å². The van der Waals surface area contributed by atoms with Gasteiger partial charge in [-0.3, -0.25) is 0 Å². The van der Waals surface area contributed by atoms with E-state index in [9.17, 15) is 0 Å². The molecule has 0 saturated carbocycles. The zero-order chi connectivity index (χ0) is 38.2. The van der Waals surface area contributed by atoms with E-state index >= 15 is 0 Å². The molecule has 2 nitrogen and oxygen atoms in total. The summed E-state index contributed by atoms with van der Waals surface area (Å²) in [6.45, 7) is 5.04. The zero-order valence-corrected chi connectivity index (χ0v) is 34.9. The summed E-state index contributed by atoms with van der Waals surface area (Å²) in [5, 5.41) is 6.38. The molecule has 0 amide bonds. The molecule has 272 valence electrons. The number of hydrogen-bond donors (Lipinski definition) is 0. The molecule has 1 aliphatic carbocycles. The van der Waals surface area contributed by atoms with Crippen molar-refractivity contribution in [2.45, 2.75) is 36.0 Å². The molecule has 3 heteroatoms. The molecule has 0 bridgehead atoms. The van der Waals surface area contributed by atoms with Crippen LogP contribution in [0, 0.1) is 0 Å². The van der Waals surface area contributed by atoms with E-state index in [1.807, 2.05) is 0 Å². The number of para-hydroxylation sites is 3. The van der Waals surface area contributed by atoms with Gasteiger partial charge < -0.3 is 0 Å². The third-order valence-electron chi connectivity index (χ3n) is 13.2. The summed E-state index contributed by atoms with van der Waals surface area (Å²) in [5.74, 6) is 5.34. The number of nitrogens with zero attached hydrogens (tertiary/aromatic N) is 2. The Morgan fingerprint density at radius 2 is 0.842 bits per heavy atom. The van der Waals surface area contributed by atoms with Gasteiger partial charge in [0.1, 0.15) is 0 Å². The van der Waals surface area contributed by atoms with E-state index in [2.05, 4.69) is 204 Å². The Balaban J connectivity index is 1.22. The number of rotatable bonds is 2. The van der Waals surface area contributed by atoms with Crippen molar-refractivity contribution in [1.82, 2.24) is 9.13 Å². The second-order valence-corrected chi connectivity index (χ2v) is 27.3. The zero-order valence-electron chi connectivity index (χ0n) is 32.8. The molecule has 8 aromatic carbocycles. The first-order valence-electron chi connectivity index (χ1n) is 20.3. The first-order chi connectivity index (χ1) is 27.8. The summed E-state index contributed by atoms with van der Waals surface area (Å²) in [4.78, 5) is 0. The van der Waals surface area contributed by atoms with Crippen molar-refractivity contribution < 1.29 is 0 Å². The number of aromatic nitrogens is 2. The van der Waals surface area contributed by atoms with Crippen molar-refractivity contribution in [2.75, 3.05) is 0 Å². The van der Waals surface area contributed by atoms with E-state index in [4.69, 9.17) is 0 Å². The van der Waals surface area contributed by atoms with Crippen molar-refractivity contribution in [3.05, 3.63) is 175 Å². The van der Waals surface area contributed by atoms with Crippen LogP contribution in [0.25, 0.3) is 99.5 Å². The summed E-state index contributed by atoms with van der Waals surface area (Å²) >= 11 is -2.66. The first-order valence-corrected chi connectivity index (χ1v) is 27.1. The summed E-state index contributed by atoms with van der Waals surface area (Å²) in [6, 6.07) is 63.9. The van der Waals surface area contributed by atoms with Crippen molar-refractivity contribution in [1.29, 1.82) is 0 Å². The van der Waals surface area contributed by atoms with Crippen LogP contribution in [0.2, 0.25) is 16.8 Å². The van der Waals surface area contributed by atoms with Crippen LogP contribution in [0.15, 0.2) is 170 Å². The van der Waals surface area contributed by atoms with Gasteiger partial charge in [0.15, 0.2) is 0 Å². The van der Waals surface area contributed by atoms with Gasteiger partial charge in [0.25, 0.3) is 0 Å². The number of benzene rings is 8. The third kappa shape index (κ3) is 4.54. The maximum absolute atomic E-state index is 2.67. The van der Waals surface area contributed by atoms with E-state index in [1.165, 1.54) is 105 Å². The fraction of sp³-hybridized carbons (Fsp3) is 0.111. The Hall–Kier alpha value is -6.10. The normalized spacial score (nSPS) is 14.9. The van der Waals surface area contributed by atoms with Gasteiger partial charge in [-0.15, -0.1) is 0 Å². The average Bonchev–Trinajstić information content (AvgIpc) is 3.81. The molecular weight excluding hydrogens is 749 g/mol. The van der Waals surface area contributed by atoms with Gasteiger partial charge in [-0.25, -0.2) is 0 Å². The Labute approximate surface area is 336 Å². The standard InChI is InChI=1S/C54H42GeN2/c1-54(2)33-55(3,4)53-51-43-25-10-9-20-38(43)36-18-6-5-17-35(36)37-19-7-8-21-39(37)45(51)32-50(52(53)54)57-48-28-16-13-24-42(48)44-31-34(29-30-49(44)57)56-46-26-14-11-22-40(46)41-23-12-15-27-47(41)56/h5-32H,33H2,1-4H3. The Bertz CT molecular complexity index is 3280.